The van der Waals surface area contributed by atoms with Gasteiger partial charge in [0.25, 0.3) is 5.91 Å². The molecule has 0 N–H and O–H groups in total. The Morgan fingerprint density at radius 2 is 1.81 bits per heavy atom. The zero-order valence-electron chi connectivity index (χ0n) is 15.2. The number of halogens is 1. The standard InChI is InChI=1S/C19H22BrNO6/c1-11(22)26-14-8-9-21-16(14)17(25-10-13-6-4-3-5-7-13)15(20)18(19(21)24)27-12(2)23/h3-7,14-18H,8-10H2,1-2H3/t14-,15+,16+,17-,18-/m0/s1. The van der Waals surface area contributed by atoms with Crippen molar-refractivity contribution in [1.82, 2.24) is 4.90 Å². The molecule has 27 heavy (non-hydrogen) atoms. The molecule has 0 saturated carbocycles. The third-order valence-electron chi connectivity index (χ3n) is 4.76. The second kappa shape index (κ2) is 8.39. The Labute approximate surface area is 166 Å². The van der Waals surface area contributed by atoms with Crippen molar-refractivity contribution in [3.05, 3.63) is 35.9 Å². The number of fused-ring (bicyclic) bond motifs is 1. The quantitative estimate of drug-likeness (QED) is 0.513. The van der Waals surface area contributed by atoms with Crippen molar-refractivity contribution in [3.63, 3.8) is 0 Å². The Hall–Kier alpha value is -1.93. The van der Waals surface area contributed by atoms with Gasteiger partial charge in [-0.3, -0.25) is 14.4 Å². The van der Waals surface area contributed by atoms with E-state index in [1.165, 1.54) is 13.8 Å². The van der Waals surface area contributed by atoms with E-state index < -0.39 is 41.1 Å². The van der Waals surface area contributed by atoms with Crippen LogP contribution in [0, 0.1) is 0 Å². The topological polar surface area (TPSA) is 82.1 Å². The van der Waals surface area contributed by atoms with Gasteiger partial charge in [0.15, 0.2) is 6.10 Å². The molecular weight excluding hydrogens is 418 g/mol. The van der Waals surface area contributed by atoms with Gasteiger partial charge in [0.2, 0.25) is 0 Å². The summed E-state index contributed by atoms with van der Waals surface area (Å²) in [6.07, 6.45) is -1.41. The van der Waals surface area contributed by atoms with Gasteiger partial charge in [0.1, 0.15) is 6.10 Å². The minimum absolute atomic E-state index is 0.300. The number of piperidine rings is 1. The van der Waals surface area contributed by atoms with Gasteiger partial charge in [-0.1, -0.05) is 46.3 Å². The molecule has 8 heteroatoms. The van der Waals surface area contributed by atoms with Gasteiger partial charge in [0.05, 0.1) is 23.6 Å². The number of ether oxygens (including phenoxy) is 3. The van der Waals surface area contributed by atoms with E-state index in [2.05, 4.69) is 15.9 Å². The largest absolute Gasteiger partial charge is 0.460 e. The molecule has 5 atom stereocenters. The lowest BCUT2D eigenvalue weighted by Crippen LogP contribution is -2.64. The van der Waals surface area contributed by atoms with E-state index in [9.17, 15) is 14.4 Å². The number of esters is 2. The first kappa shape index (κ1) is 19.8. The third-order valence-corrected chi connectivity index (χ3v) is 5.76. The van der Waals surface area contributed by atoms with Crippen molar-refractivity contribution in [3.8, 4) is 0 Å². The molecule has 2 aliphatic heterocycles. The van der Waals surface area contributed by atoms with Crippen molar-refractivity contribution in [1.29, 1.82) is 0 Å². The van der Waals surface area contributed by atoms with Crippen LogP contribution in [0.3, 0.4) is 0 Å². The van der Waals surface area contributed by atoms with E-state index >= 15 is 0 Å². The molecule has 0 aromatic heterocycles. The van der Waals surface area contributed by atoms with Gasteiger partial charge in [-0.25, -0.2) is 0 Å². The molecule has 2 aliphatic rings. The molecule has 0 spiro atoms. The van der Waals surface area contributed by atoms with Gasteiger partial charge in [-0.15, -0.1) is 0 Å². The first-order chi connectivity index (χ1) is 12.9. The van der Waals surface area contributed by atoms with Crippen molar-refractivity contribution in [2.45, 2.75) is 56.1 Å². The summed E-state index contributed by atoms with van der Waals surface area (Å²) < 4.78 is 16.8. The molecule has 7 nitrogen and oxygen atoms in total. The number of benzene rings is 1. The fourth-order valence-corrected chi connectivity index (χ4v) is 4.49. The van der Waals surface area contributed by atoms with Crippen LogP contribution in [0.15, 0.2) is 30.3 Å². The van der Waals surface area contributed by atoms with Crippen molar-refractivity contribution < 1.29 is 28.6 Å². The molecule has 0 bridgehead atoms. The number of alkyl halides is 1. The fourth-order valence-electron chi connectivity index (χ4n) is 3.69. The molecule has 0 aliphatic carbocycles. The predicted octanol–water partition coefficient (Wildman–Crippen LogP) is 1.81. The highest BCUT2D eigenvalue weighted by atomic mass is 79.9. The zero-order chi connectivity index (χ0) is 19.6. The van der Waals surface area contributed by atoms with Crippen LogP contribution in [0.5, 0.6) is 0 Å². The lowest BCUT2D eigenvalue weighted by Gasteiger charge is -2.44. The third kappa shape index (κ3) is 4.32. The molecule has 0 unspecified atom stereocenters. The predicted molar refractivity (Wildman–Crippen MR) is 99.0 cm³/mol. The van der Waals surface area contributed by atoms with Crippen molar-refractivity contribution >= 4 is 33.8 Å². The smallest absolute Gasteiger partial charge is 0.303 e. The van der Waals surface area contributed by atoms with E-state index in [1.807, 2.05) is 30.3 Å². The average Bonchev–Trinajstić information content (AvgIpc) is 3.02. The van der Waals surface area contributed by atoms with Crippen LogP contribution in [0.2, 0.25) is 0 Å². The summed E-state index contributed by atoms with van der Waals surface area (Å²) in [5.41, 5.74) is 0.978. The van der Waals surface area contributed by atoms with Gasteiger partial charge in [-0.05, 0) is 5.56 Å². The monoisotopic (exact) mass is 439 g/mol. The van der Waals surface area contributed by atoms with Crippen LogP contribution >= 0.6 is 15.9 Å². The maximum Gasteiger partial charge on any atom is 0.303 e. The van der Waals surface area contributed by atoms with Crippen LogP contribution in [-0.4, -0.2) is 58.5 Å². The zero-order valence-corrected chi connectivity index (χ0v) is 16.8. The second-order valence-corrected chi connectivity index (χ2v) is 7.75. The fraction of sp³-hybridized carbons (Fsp3) is 0.526. The van der Waals surface area contributed by atoms with Gasteiger partial charge < -0.3 is 19.1 Å². The van der Waals surface area contributed by atoms with Crippen LogP contribution in [0.1, 0.15) is 25.8 Å². The number of carbonyl (C=O) groups excluding carboxylic acids is 3. The number of carbonyl (C=O) groups is 3. The van der Waals surface area contributed by atoms with Crippen LogP contribution in [-0.2, 0) is 35.2 Å². The molecule has 1 aromatic carbocycles. The van der Waals surface area contributed by atoms with Crippen LogP contribution in [0.25, 0.3) is 0 Å². The highest BCUT2D eigenvalue weighted by Gasteiger charge is 2.56. The highest BCUT2D eigenvalue weighted by molar-refractivity contribution is 9.09. The molecule has 0 radical (unpaired) electrons. The maximum absolute atomic E-state index is 12.8. The summed E-state index contributed by atoms with van der Waals surface area (Å²) in [7, 11) is 0. The van der Waals surface area contributed by atoms with Gasteiger partial charge in [-0.2, -0.15) is 0 Å². The Bertz CT molecular complexity index is 711. The highest BCUT2D eigenvalue weighted by Crippen LogP contribution is 2.37. The SMILES string of the molecule is CC(=O)O[C@H]1CCN2C(=O)[C@@H](OC(C)=O)[C@H](Br)[C@H](OCc3ccccc3)[C@@H]12. The van der Waals surface area contributed by atoms with E-state index in [0.717, 1.165) is 5.56 Å². The van der Waals surface area contributed by atoms with Gasteiger partial charge in [0, 0.05) is 26.8 Å². The average molecular weight is 440 g/mol. The first-order valence-electron chi connectivity index (χ1n) is 8.83. The number of nitrogens with zero attached hydrogens (tertiary/aromatic N) is 1. The lowest BCUT2D eigenvalue weighted by molar-refractivity contribution is -0.175. The summed E-state index contributed by atoms with van der Waals surface area (Å²) in [6.45, 7) is 3.36. The van der Waals surface area contributed by atoms with E-state index in [0.29, 0.717) is 19.6 Å². The Kier molecular flexibility index (Phi) is 6.16. The minimum atomic E-state index is -0.976. The summed E-state index contributed by atoms with van der Waals surface area (Å²) >= 11 is 3.50. The van der Waals surface area contributed by atoms with Crippen LogP contribution in [0.4, 0.5) is 0 Å². The van der Waals surface area contributed by atoms with Crippen molar-refractivity contribution in [2.24, 2.45) is 0 Å². The van der Waals surface area contributed by atoms with E-state index in [-0.39, 0.29) is 5.91 Å². The Morgan fingerprint density at radius 1 is 1.15 bits per heavy atom. The lowest BCUT2D eigenvalue weighted by atomic mass is 9.94. The molecule has 1 aromatic rings. The Morgan fingerprint density at radius 3 is 2.44 bits per heavy atom. The number of amides is 1. The minimum Gasteiger partial charge on any atom is -0.460 e. The summed E-state index contributed by atoms with van der Waals surface area (Å²) in [6, 6.07) is 9.21. The normalized spacial score (nSPS) is 30.0. The summed E-state index contributed by atoms with van der Waals surface area (Å²) in [5, 5.41) is 0. The number of hydrogen-bond donors (Lipinski definition) is 0. The van der Waals surface area contributed by atoms with Gasteiger partial charge >= 0.3 is 11.9 Å². The second-order valence-electron chi connectivity index (χ2n) is 6.69. The van der Waals surface area contributed by atoms with E-state index in [4.69, 9.17) is 14.2 Å². The Balaban J connectivity index is 1.84. The molecule has 146 valence electrons. The molecule has 3 rings (SSSR count). The first-order valence-corrected chi connectivity index (χ1v) is 9.74. The molecule has 2 fully saturated rings. The number of rotatable bonds is 5. The summed E-state index contributed by atoms with van der Waals surface area (Å²) in [5.74, 6) is -1.23. The molecule has 2 saturated heterocycles. The number of hydrogen-bond acceptors (Lipinski definition) is 6. The summed E-state index contributed by atoms with van der Waals surface area (Å²) in [4.78, 5) is 36.8. The molecular formula is C19H22BrNO6. The molecule has 1 amide bonds. The van der Waals surface area contributed by atoms with Crippen LogP contribution < -0.4 is 0 Å². The van der Waals surface area contributed by atoms with Crippen molar-refractivity contribution in [2.75, 3.05) is 6.54 Å². The maximum atomic E-state index is 12.8. The van der Waals surface area contributed by atoms with E-state index in [1.54, 1.807) is 4.90 Å². The molecule has 2 heterocycles.